The first kappa shape index (κ1) is 14.8. The summed E-state index contributed by atoms with van der Waals surface area (Å²) >= 11 is 13.5. The van der Waals surface area contributed by atoms with Crippen molar-refractivity contribution in [2.75, 3.05) is 13.2 Å². The van der Waals surface area contributed by atoms with Gasteiger partial charge in [0.05, 0.1) is 13.2 Å². The van der Waals surface area contributed by atoms with Crippen LogP contribution in [0.4, 0.5) is 0 Å². The number of ether oxygens (including phenoxy) is 2. The molecule has 0 spiro atoms. The van der Waals surface area contributed by atoms with Crippen LogP contribution in [-0.2, 0) is 5.75 Å². The van der Waals surface area contributed by atoms with Crippen LogP contribution in [0.1, 0.15) is 12.0 Å². The molecular weight excluding hydrogens is 329 g/mol. The Kier molecular flexibility index (Phi) is 4.78. The predicted molar refractivity (Wildman–Crippen MR) is 85.9 cm³/mol. The smallest absolute Gasteiger partial charge is 0.162 e. The topological polar surface area (TPSA) is 31.4 Å². The molecule has 21 heavy (non-hydrogen) atoms. The summed E-state index contributed by atoms with van der Waals surface area (Å²) in [4.78, 5) is 5.14. The highest BCUT2D eigenvalue weighted by atomic mass is 35.5. The second-order valence-corrected chi connectivity index (χ2v) is 6.33. The Labute approximate surface area is 137 Å². The molecule has 2 aromatic rings. The van der Waals surface area contributed by atoms with E-state index in [9.17, 15) is 0 Å². The first-order chi connectivity index (χ1) is 10.2. The summed E-state index contributed by atoms with van der Waals surface area (Å²) in [5, 5.41) is 0.855. The Morgan fingerprint density at radius 1 is 1.05 bits per heavy atom. The van der Waals surface area contributed by atoms with Crippen molar-refractivity contribution in [1.29, 1.82) is 0 Å². The molecule has 6 heteroatoms. The summed E-state index contributed by atoms with van der Waals surface area (Å²) in [7, 11) is 0. The molecule has 1 aromatic heterocycles. The van der Waals surface area contributed by atoms with Crippen molar-refractivity contribution >= 4 is 35.0 Å². The highest BCUT2D eigenvalue weighted by molar-refractivity contribution is 7.98. The minimum atomic E-state index is 0.407. The highest BCUT2D eigenvalue weighted by Crippen LogP contribution is 2.35. The average molecular weight is 342 g/mol. The highest BCUT2D eigenvalue weighted by Gasteiger charge is 2.11. The predicted octanol–water partition coefficient (Wildman–Crippen LogP) is 4.84. The molecule has 0 saturated carbocycles. The molecule has 0 saturated heterocycles. The van der Waals surface area contributed by atoms with Crippen LogP contribution in [0.2, 0.25) is 10.3 Å². The minimum absolute atomic E-state index is 0.407. The third-order valence-electron chi connectivity index (χ3n) is 3.01. The van der Waals surface area contributed by atoms with Crippen molar-refractivity contribution in [2.45, 2.75) is 17.1 Å². The van der Waals surface area contributed by atoms with Gasteiger partial charge in [-0.2, -0.15) is 0 Å². The van der Waals surface area contributed by atoms with Gasteiger partial charge in [-0.3, -0.25) is 0 Å². The van der Waals surface area contributed by atoms with E-state index < -0.39 is 0 Å². The van der Waals surface area contributed by atoms with Crippen molar-refractivity contribution < 1.29 is 9.47 Å². The van der Waals surface area contributed by atoms with Gasteiger partial charge in [0.25, 0.3) is 0 Å². The number of rotatable bonds is 3. The standard InChI is InChI=1S/C15H13Cl2NO2S/c16-14-5-2-10(15(17)18-14)9-21-11-3-4-12-13(8-11)20-7-1-6-19-12/h2-5,8H,1,6-7,9H2. The van der Waals surface area contributed by atoms with Crippen molar-refractivity contribution in [3.63, 3.8) is 0 Å². The Morgan fingerprint density at radius 2 is 1.86 bits per heavy atom. The van der Waals surface area contributed by atoms with Gasteiger partial charge in [-0.15, -0.1) is 11.8 Å². The SMILES string of the molecule is Clc1ccc(CSc2ccc3c(c2)OCCCO3)c(Cl)n1. The first-order valence-electron chi connectivity index (χ1n) is 6.56. The lowest BCUT2D eigenvalue weighted by molar-refractivity contribution is 0.297. The van der Waals surface area contributed by atoms with Crippen LogP contribution in [0, 0.1) is 0 Å². The molecule has 2 heterocycles. The zero-order valence-electron chi connectivity index (χ0n) is 11.1. The lowest BCUT2D eigenvalue weighted by atomic mass is 10.3. The maximum atomic E-state index is 6.08. The molecule has 0 bridgehead atoms. The zero-order valence-corrected chi connectivity index (χ0v) is 13.5. The third-order valence-corrected chi connectivity index (χ3v) is 4.59. The number of pyridine rings is 1. The number of benzene rings is 1. The molecule has 0 fully saturated rings. The molecule has 0 aliphatic carbocycles. The minimum Gasteiger partial charge on any atom is -0.490 e. The fraction of sp³-hybridized carbons (Fsp3) is 0.267. The fourth-order valence-corrected chi connectivity index (χ4v) is 3.34. The van der Waals surface area contributed by atoms with Gasteiger partial charge in [0.2, 0.25) is 0 Å². The van der Waals surface area contributed by atoms with E-state index in [-0.39, 0.29) is 0 Å². The van der Waals surface area contributed by atoms with Gasteiger partial charge < -0.3 is 9.47 Å². The molecule has 1 aromatic carbocycles. The van der Waals surface area contributed by atoms with Crippen LogP contribution >= 0.6 is 35.0 Å². The lowest BCUT2D eigenvalue weighted by Gasteiger charge is -2.09. The molecule has 0 amide bonds. The van der Waals surface area contributed by atoms with E-state index in [1.54, 1.807) is 17.8 Å². The van der Waals surface area contributed by atoms with Crippen LogP contribution in [0.3, 0.4) is 0 Å². The van der Waals surface area contributed by atoms with E-state index in [1.165, 1.54) is 0 Å². The van der Waals surface area contributed by atoms with Crippen molar-refractivity contribution in [2.24, 2.45) is 0 Å². The first-order valence-corrected chi connectivity index (χ1v) is 8.30. The van der Waals surface area contributed by atoms with E-state index >= 15 is 0 Å². The number of hydrogen-bond donors (Lipinski definition) is 0. The van der Waals surface area contributed by atoms with Gasteiger partial charge >= 0.3 is 0 Å². The van der Waals surface area contributed by atoms with Gasteiger partial charge in [-0.05, 0) is 29.8 Å². The fourth-order valence-electron chi connectivity index (χ4n) is 1.94. The van der Waals surface area contributed by atoms with Crippen molar-refractivity contribution in [3.05, 3.63) is 46.2 Å². The number of nitrogens with zero attached hydrogens (tertiary/aromatic N) is 1. The van der Waals surface area contributed by atoms with Gasteiger partial charge in [-0.1, -0.05) is 29.3 Å². The number of aromatic nitrogens is 1. The average Bonchev–Trinajstić information content (AvgIpc) is 2.71. The number of hydrogen-bond acceptors (Lipinski definition) is 4. The summed E-state index contributed by atoms with van der Waals surface area (Å²) in [6.45, 7) is 1.39. The maximum Gasteiger partial charge on any atom is 0.162 e. The number of fused-ring (bicyclic) bond motifs is 1. The van der Waals surface area contributed by atoms with E-state index in [0.29, 0.717) is 23.5 Å². The lowest BCUT2D eigenvalue weighted by Crippen LogP contribution is -1.97. The molecule has 0 unspecified atom stereocenters. The monoisotopic (exact) mass is 341 g/mol. The van der Waals surface area contributed by atoms with Crippen molar-refractivity contribution in [3.8, 4) is 11.5 Å². The number of halogens is 2. The molecule has 1 aliphatic heterocycles. The van der Waals surface area contributed by atoms with Crippen LogP contribution in [0.15, 0.2) is 35.2 Å². The Bertz CT molecular complexity index is 652. The van der Waals surface area contributed by atoms with E-state index in [1.807, 2.05) is 24.3 Å². The van der Waals surface area contributed by atoms with E-state index in [2.05, 4.69) is 4.98 Å². The summed E-state index contributed by atoms with van der Waals surface area (Å²) in [6, 6.07) is 9.62. The summed E-state index contributed by atoms with van der Waals surface area (Å²) in [5.41, 5.74) is 0.957. The largest absolute Gasteiger partial charge is 0.490 e. The van der Waals surface area contributed by atoms with Crippen LogP contribution in [0.25, 0.3) is 0 Å². The summed E-state index contributed by atoms with van der Waals surface area (Å²) < 4.78 is 11.3. The van der Waals surface area contributed by atoms with Crippen molar-refractivity contribution in [1.82, 2.24) is 4.98 Å². The van der Waals surface area contributed by atoms with Gasteiger partial charge in [0.1, 0.15) is 10.3 Å². The summed E-state index contributed by atoms with van der Waals surface area (Å²) in [5.74, 6) is 2.34. The second-order valence-electron chi connectivity index (χ2n) is 4.53. The third kappa shape index (κ3) is 3.76. The van der Waals surface area contributed by atoms with E-state index in [4.69, 9.17) is 32.7 Å². The summed E-state index contributed by atoms with van der Waals surface area (Å²) in [6.07, 6.45) is 0.906. The van der Waals surface area contributed by atoms with Gasteiger partial charge in [0, 0.05) is 17.1 Å². The van der Waals surface area contributed by atoms with E-state index in [0.717, 1.165) is 34.1 Å². The second kappa shape index (κ2) is 6.77. The quantitative estimate of drug-likeness (QED) is 0.590. The molecule has 1 aliphatic rings. The zero-order chi connectivity index (χ0) is 14.7. The Morgan fingerprint density at radius 3 is 2.67 bits per heavy atom. The molecule has 0 radical (unpaired) electrons. The molecule has 3 nitrogen and oxygen atoms in total. The normalized spacial score (nSPS) is 13.8. The molecule has 0 atom stereocenters. The van der Waals surface area contributed by atoms with Crippen LogP contribution in [0.5, 0.6) is 11.5 Å². The maximum absolute atomic E-state index is 6.08. The Balaban J connectivity index is 1.72. The Hall–Kier alpha value is -1.10. The number of thioether (sulfide) groups is 1. The molecule has 110 valence electrons. The van der Waals surface area contributed by atoms with Crippen LogP contribution in [-0.4, -0.2) is 18.2 Å². The molecule has 0 N–H and O–H groups in total. The van der Waals surface area contributed by atoms with Gasteiger partial charge in [0.15, 0.2) is 11.5 Å². The van der Waals surface area contributed by atoms with Gasteiger partial charge in [-0.25, -0.2) is 4.98 Å². The van der Waals surface area contributed by atoms with Crippen LogP contribution < -0.4 is 9.47 Å². The molecular formula is C15H13Cl2NO2S. The molecule has 3 rings (SSSR count).